The number of non-ortho nitro benzene ring substituents is 1. The minimum atomic E-state index is -0.436. The molecule has 0 unspecified atom stereocenters. The van der Waals surface area contributed by atoms with Crippen LogP contribution in [-0.4, -0.2) is 26.6 Å². The van der Waals surface area contributed by atoms with Crippen molar-refractivity contribution in [2.45, 2.75) is 13.5 Å². The number of hydrogen-bond acceptors (Lipinski definition) is 6. The number of ether oxygens (including phenoxy) is 1. The van der Waals surface area contributed by atoms with Crippen molar-refractivity contribution >= 4 is 61.9 Å². The van der Waals surface area contributed by atoms with E-state index in [0.29, 0.717) is 21.5 Å². The summed E-state index contributed by atoms with van der Waals surface area (Å²) in [5, 5.41) is 10.7. The van der Waals surface area contributed by atoms with Crippen molar-refractivity contribution in [1.82, 2.24) is 4.90 Å². The van der Waals surface area contributed by atoms with Gasteiger partial charge in [0.05, 0.1) is 14.3 Å². The van der Waals surface area contributed by atoms with Crippen LogP contribution in [0.1, 0.15) is 18.1 Å². The van der Waals surface area contributed by atoms with E-state index < -0.39 is 4.92 Å². The molecule has 144 valence electrons. The Kier molecular flexibility index (Phi) is 6.48. The number of nitrogens with zero attached hydrogens (tertiary/aromatic N) is 2. The first kappa shape index (κ1) is 20.5. The Morgan fingerprint density at radius 1 is 1.29 bits per heavy atom. The smallest absolute Gasteiger partial charge is 0.269 e. The minimum absolute atomic E-state index is 0.0442. The van der Waals surface area contributed by atoms with Crippen LogP contribution in [0.5, 0.6) is 5.75 Å². The summed E-state index contributed by atoms with van der Waals surface area (Å²) in [6, 6.07) is 11.7. The van der Waals surface area contributed by atoms with E-state index in [2.05, 4.69) is 15.9 Å². The lowest BCUT2D eigenvalue weighted by Gasteiger charge is -2.10. The zero-order valence-electron chi connectivity index (χ0n) is 14.8. The molecule has 3 rings (SSSR count). The van der Waals surface area contributed by atoms with E-state index >= 15 is 0 Å². The van der Waals surface area contributed by atoms with Crippen molar-refractivity contribution < 1.29 is 14.5 Å². The molecule has 9 heteroatoms. The van der Waals surface area contributed by atoms with Crippen LogP contribution in [0.25, 0.3) is 6.08 Å². The van der Waals surface area contributed by atoms with Crippen molar-refractivity contribution in [2.75, 3.05) is 6.54 Å². The highest BCUT2D eigenvalue weighted by atomic mass is 79.9. The molecule has 1 amide bonds. The van der Waals surface area contributed by atoms with Gasteiger partial charge in [-0.2, -0.15) is 0 Å². The number of rotatable bonds is 6. The highest BCUT2D eigenvalue weighted by Crippen LogP contribution is 2.34. The molecular weight excluding hydrogens is 464 g/mol. The van der Waals surface area contributed by atoms with Crippen LogP contribution in [0.15, 0.2) is 51.8 Å². The third-order valence-corrected chi connectivity index (χ3v) is 5.98. The summed E-state index contributed by atoms with van der Waals surface area (Å²) in [6.45, 7) is 2.73. The van der Waals surface area contributed by atoms with Gasteiger partial charge in [0.1, 0.15) is 16.7 Å². The maximum absolute atomic E-state index is 12.3. The van der Waals surface area contributed by atoms with E-state index in [-0.39, 0.29) is 18.2 Å². The highest BCUT2D eigenvalue weighted by Gasteiger charge is 2.30. The van der Waals surface area contributed by atoms with Crippen LogP contribution < -0.4 is 4.74 Å². The average molecular weight is 479 g/mol. The summed E-state index contributed by atoms with van der Waals surface area (Å²) >= 11 is 10.00. The molecule has 0 aromatic heterocycles. The van der Waals surface area contributed by atoms with E-state index in [1.54, 1.807) is 23.1 Å². The molecule has 2 aromatic rings. The summed E-state index contributed by atoms with van der Waals surface area (Å²) in [4.78, 5) is 24.7. The number of amides is 1. The molecule has 0 aliphatic carbocycles. The lowest BCUT2D eigenvalue weighted by atomic mass is 10.2. The molecule has 1 fully saturated rings. The van der Waals surface area contributed by atoms with Gasteiger partial charge in [0.2, 0.25) is 0 Å². The molecular formula is C19H15BrN2O4S2. The van der Waals surface area contributed by atoms with Gasteiger partial charge in [0, 0.05) is 18.7 Å². The number of carbonyl (C=O) groups is 1. The lowest BCUT2D eigenvalue weighted by molar-refractivity contribution is -0.384. The number of likely N-dealkylation sites (N-methyl/N-ethyl adjacent to an activating group) is 1. The highest BCUT2D eigenvalue weighted by molar-refractivity contribution is 9.10. The van der Waals surface area contributed by atoms with Gasteiger partial charge in [-0.05, 0) is 64.3 Å². The second-order valence-corrected chi connectivity index (χ2v) is 8.36. The van der Waals surface area contributed by atoms with Gasteiger partial charge >= 0.3 is 0 Å². The molecule has 0 atom stereocenters. The van der Waals surface area contributed by atoms with Crippen LogP contribution in [0.2, 0.25) is 0 Å². The largest absolute Gasteiger partial charge is 0.488 e. The summed E-state index contributed by atoms with van der Waals surface area (Å²) < 4.78 is 7.10. The van der Waals surface area contributed by atoms with E-state index in [1.165, 1.54) is 23.9 Å². The van der Waals surface area contributed by atoms with Crippen LogP contribution >= 0.6 is 39.9 Å². The Hall–Kier alpha value is -2.23. The third-order valence-electron chi connectivity index (χ3n) is 3.99. The van der Waals surface area contributed by atoms with E-state index in [9.17, 15) is 14.9 Å². The number of thioether (sulfide) groups is 1. The second kappa shape index (κ2) is 8.85. The Morgan fingerprint density at radius 2 is 2.00 bits per heavy atom. The fraction of sp³-hybridized carbons (Fsp3) is 0.158. The van der Waals surface area contributed by atoms with Gasteiger partial charge in [-0.3, -0.25) is 19.8 Å². The van der Waals surface area contributed by atoms with Crippen molar-refractivity contribution in [2.24, 2.45) is 0 Å². The molecule has 28 heavy (non-hydrogen) atoms. The van der Waals surface area contributed by atoms with E-state index in [1.807, 2.05) is 25.1 Å². The number of nitro groups is 1. The molecule has 1 saturated heterocycles. The SMILES string of the molecule is CCN1C(=O)/C(=C/c2ccc(OCc3ccc([N+](=O)[O-])cc3)c(Br)c2)SC1=S. The van der Waals surface area contributed by atoms with E-state index in [4.69, 9.17) is 17.0 Å². The first-order valence-electron chi connectivity index (χ1n) is 8.30. The Balaban J connectivity index is 1.69. The predicted octanol–water partition coefficient (Wildman–Crippen LogP) is 5.16. The van der Waals surface area contributed by atoms with Crippen LogP contribution in [-0.2, 0) is 11.4 Å². The molecule has 1 aliphatic rings. The summed E-state index contributed by atoms with van der Waals surface area (Å²) in [5.74, 6) is 0.559. The maximum Gasteiger partial charge on any atom is 0.269 e. The fourth-order valence-electron chi connectivity index (χ4n) is 2.52. The third kappa shape index (κ3) is 4.60. The van der Waals surface area contributed by atoms with Crippen molar-refractivity contribution in [1.29, 1.82) is 0 Å². The van der Waals surface area contributed by atoms with Crippen LogP contribution in [0.3, 0.4) is 0 Å². The lowest BCUT2D eigenvalue weighted by Crippen LogP contribution is -2.27. The Labute approximate surface area is 179 Å². The zero-order valence-corrected chi connectivity index (χ0v) is 18.0. The molecule has 0 bridgehead atoms. The number of hydrogen-bond donors (Lipinski definition) is 0. The predicted molar refractivity (Wildman–Crippen MR) is 117 cm³/mol. The number of thiocarbonyl (C=S) groups is 1. The fourth-order valence-corrected chi connectivity index (χ4v) is 4.42. The molecule has 0 saturated carbocycles. The van der Waals surface area contributed by atoms with Gasteiger partial charge in [-0.1, -0.05) is 30.0 Å². The molecule has 1 aliphatic heterocycles. The molecule has 2 aromatic carbocycles. The van der Waals surface area contributed by atoms with Crippen molar-refractivity contribution in [3.05, 3.63) is 73.1 Å². The van der Waals surface area contributed by atoms with Gasteiger partial charge in [0.25, 0.3) is 11.6 Å². The number of benzene rings is 2. The number of nitro benzene ring substituents is 1. The normalized spacial score (nSPS) is 15.4. The van der Waals surface area contributed by atoms with Gasteiger partial charge in [0.15, 0.2) is 0 Å². The molecule has 1 heterocycles. The molecule has 0 spiro atoms. The minimum Gasteiger partial charge on any atom is -0.488 e. The summed E-state index contributed by atoms with van der Waals surface area (Å²) in [5.41, 5.74) is 1.72. The van der Waals surface area contributed by atoms with E-state index in [0.717, 1.165) is 15.6 Å². The van der Waals surface area contributed by atoms with Gasteiger partial charge in [-0.15, -0.1) is 0 Å². The maximum atomic E-state index is 12.3. The Morgan fingerprint density at radius 3 is 2.57 bits per heavy atom. The second-order valence-electron chi connectivity index (χ2n) is 5.83. The monoisotopic (exact) mass is 478 g/mol. The standard InChI is InChI=1S/C19H15BrN2O4S2/c1-2-21-18(23)17(28-19(21)27)10-13-5-8-16(15(20)9-13)26-11-12-3-6-14(7-4-12)22(24)25/h3-10H,2,11H2,1H3/b17-10-. The first-order chi connectivity index (χ1) is 13.4. The van der Waals surface area contributed by atoms with Gasteiger partial charge in [-0.25, -0.2) is 0 Å². The average Bonchev–Trinajstić information content (AvgIpc) is 2.94. The molecule has 6 nitrogen and oxygen atoms in total. The number of halogens is 1. The summed E-state index contributed by atoms with van der Waals surface area (Å²) in [7, 11) is 0. The van der Waals surface area contributed by atoms with Crippen molar-refractivity contribution in [3.8, 4) is 5.75 Å². The molecule has 0 N–H and O–H groups in total. The number of carbonyl (C=O) groups excluding carboxylic acids is 1. The van der Waals surface area contributed by atoms with Crippen LogP contribution in [0.4, 0.5) is 5.69 Å². The first-order valence-corrected chi connectivity index (χ1v) is 10.3. The topological polar surface area (TPSA) is 72.7 Å². The van der Waals surface area contributed by atoms with Gasteiger partial charge < -0.3 is 4.74 Å². The quantitative estimate of drug-likeness (QED) is 0.247. The Bertz CT molecular complexity index is 976. The molecule has 0 radical (unpaired) electrons. The summed E-state index contributed by atoms with van der Waals surface area (Å²) in [6.07, 6.45) is 1.81. The van der Waals surface area contributed by atoms with Crippen molar-refractivity contribution in [3.63, 3.8) is 0 Å². The van der Waals surface area contributed by atoms with Crippen LogP contribution in [0, 0.1) is 10.1 Å². The zero-order chi connectivity index (χ0) is 20.3.